The van der Waals surface area contributed by atoms with E-state index in [1.807, 2.05) is 13.0 Å². The zero-order chi connectivity index (χ0) is 14.3. The van der Waals surface area contributed by atoms with Crippen LogP contribution in [0.1, 0.15) is 37.6 Å². The van der Waals surface area contributed by atoms with Crippen molar-refractivity contribution in [2.75, 3.05) is 0 Å². The van der Waals surface area contributed by atoms with E-state index in [1.165, 1.54) is 13.1 Å². The lowest BCUT2D eigenvalue weighted by Gasteiger charge is -2.06. The Bertz CT molecular complexity index is 549. The van der Waals surface area contributed by atoms with Crippen molar-refractivity contribution in [3.8, 4) is 11.9 Å². The first kappa shape index (κ1) is 14.7. The summed E-state index contributed by atoms with van der Waals surface area (Å²) in [6.45, 7) is 5.18. The van der Waals surface area contributed by atoms with Crippen LogP contribution in [-0.2, 0) is 0 Å². The zero-order valence-corrected chi connectivity index (χ0v) is 11.3. The molecule has 1 aromatic rings. The Kier molecular flexibility index (Phi) is 5.49. The number of hydrogen-bond acceptors (Lipinski definition) is 4. The van der Waals surface area contributed by atoms with E-state index in [0.717, 1.165) is 6.42 Å². The summed E-state index contributed by atoms with van der Waals surface area (Å²) >= 11 is 0. The standard InChI is InChI=1S/C15H16N2O2/c1-4-5-6-13(9-16)12(3)19-15-8-7-14(10-17-15)11(2)18/h5-8,10H,4H2,1-3H3/b6-5-,13-12-. The fraction of sp³-hybridized carbons (Fsp3) is 0.267. The summed E-state index contributed by atoms with van der Waals surface area (Å²) in [6, 6.07) is 5.33. The van der Waals surface area contributed by atoms with Gasteiger partial charge in [-0.05, 0) is 32.4 Å². The molecule has 0 atom stereocenters. The minimum atomic E-state index is -0.0464. The number of nitriles is 1. The maximum Gasteiger partial charge on any atom is 0.218 e. The third kappa shape index (κ3) is 4.40. The van der Waals surface area contributed by atoms with Gasteiger partial charge < -0.3 is 4.74 Å². The van der Waals surface area contributed by atoms with Crippen LogP contribution in [0.2, 0.25) is 0 Å². The summed E-state index contributed by atoms with van der Waals surface area (Å²) in [4.78, 5) is 15.1. The number of nitrogens with zero attached hydrogens (tertiary/aromatic N) is 2. The van der Waals surface area contributed by atoms with Crippen LogP contribution >= 0.6 is 0 Å². The van der Waals surface area contributed by atoms with Crippen molar-refractivity contribution in [1.82, 2.24) is 4.98 Å². The van der Waals surface area contributed by atoms with Crippen molar-refractivity contribution >= 4 is 5.78 Å². The maximum absolute atomic E-state index is 11.1. The number of carbonyl (C=O) groups excluding carboxylic acids is 1. The van der Waals surface area contributed by atoms with Crippen molar-refractivity contribution < 1.29 is 9.53 Å². The predicted molar refractivity (Wildman–Crippen MR) is 72.6 cm³/mol. The van der Waals surface area contributed by atoms with E-state index in [0.29, 0.717) is 22.8 Å². The summed E-state index contributed by atoms with van der Waals surface area (Å²) in [5.74, 6) is 0.797. The number of allylic oxidation sites excluding steroid dienone is 4. The summed E-state index contributed by atoms with van der Waals surface area (Å²) in [7, 11) is 0. The highest BCUT2D eigenvalue weighted by Gasteiger charge is 2.04. The van der Waals surface area contributed by atoms with Crippen molar-refractivity contribution in [2.24, 2.45) is 0 Å². The molecule has 1 aromatic heterocycles. The van der Waals surface area contributed by atoms with Crippen LogP contribution in [0, 0.1) is 11.3 Å². The van der Waals surface area contributed by atoms with Gasteiger partial charge in [-0.3, -0.25) is 4.79 Å². The quantitative estimate of drug-likeness (QED) is 0.350. The van der Waals surface area contributed by atoms with E-state index in [9.17, 15) is 4.79 Å². The van der Waals surface area contributed by atoms with Gasteiger partial charge in [-0.15, -0.1) is 0 Å². The Balaban J connectivity index is 2.89. The van der Waals surface area contributed by atoms with Crippen LogP contribution < -0.4 is 4.74 Å². The lowest BCUT2D eigenvalue weighted by molar-refractivity contribution is 0.101. The topological polar surface area (TPSA) is 63.0 Å². The van der Waals surface area contributed by atoms with Gasteiger partial charge in [0.05, 0.1) is 5.57 Å². The second-order valence-electron chi connectivity index (χ2n) is 3.94. The number of pyridine rings is 1. The fourth-order valence-corrected chi connectivity index (χ4v) is 1.33. The molecule has 0 spiro atoms. The normalized spacial score (nSPS) is 11.9. The third-order valence-corrected chi connectivity index (χ3v) is 2.42. The molecule has 0 aromatic carbocycles. The first-order chi connectivity index (χ1) is 9.08. The molecule has 0 amide bonds. The average Bonchev–Trinajstić information content (AvgIpc) is 2.40. The molecule has 0 aliphatic heterocycles. The minimum Gasteiger partial charge on any atom is -0.442 e. The summed E-state index contributed by atoms with van der Waals surface area (Å²) in [5, 5.41) is 9.01. The van der Waals surface area contributed by atoms with Gasteiger partial charge in [0.2, 0.25) is 5.88 Å². The molecule has 0 aliphatic rings. The molecule has 19 heavy (non-hydrogen) atoms. The Morgan fingerprint density at radius 2 is 2.21 bits per heavy atom. The Morgan fingerprint density at radius 1 is 1.47 bits per heavy atom. The molecule has 1 rings (SSSR count). The van der Waals surface area contributed by atoms with Gasteiger partial charge in [0.25, 0.3) is 0 Å². The van der Waals surface area contributed by atoms with Crippen molar-refractivity contribution in [3.63, 3.8) is 0 Å². The number of Topliss-reactive ketones (excluding diaryl/α,β-unsaturated/α-hetero) is 1. The third-order valence-electron chi connectivity index (χ3n) is 2.42. The van der Waals surface area contributed by atoms with Crippen LogP contribution in [0.15, 0.2) is 41.8 Å². The van der Waals surface area contributed by atoms with Crippen LogP contribution in [0.5, 0.6) is 5.88 Å². The van der Waals surface area contributed by atoms with Gasteiger partial charge >= 0.3 is 0 Å². The van der Waals surface area contributed by atoms with Gasteiger partial charge in [0.15, 0.2) is 5.78 Å². The van der Waals surface area contributed by atoms with Crippen molar-refractivity contribution in [2.45, 2.75) is 27.2 Å². The molecule has 4 heteroatoms. The summed E-state index contributed by atoms with van der Waals surface area (Å²) in [5.41, 5.74) is 0.986. The molecule has 0 aliphatic carbocycles. The zero-order valence-electron chi connectivity index (χ0n) is 11.3. The second kappa shape index (κ2) is 7.12. The first-order valence-corrected chi connectivity index (χ1v) is 6.00. The molecule has 98 valence electrons. The van der Waals surface area contributed by atoms with Gasteiger partial charge in [-0.1, -0.05) is 13.0 Å². The number of carbonyl (C=O) groups is 1. The fourth-order valence-electron chi connectivity index (χ4n) is 1.33. The first-order valence-electron chi connectivity index (χ1n) is 6.00. The smallest absolute Gasteiger partial charge is 0.218 e. The van der Waals surface area contributed by atoms with Crippen molar-refractivity contribution in [3.05, 3.63) is 47.4 Å². The largest absolute Gasteiger partial charge is 0.442 e. The van der Waals surface area contributed by atoms with E-state index < -0.39 is 0 Å². The highest BCUT2D eigenvalue weighted by atomic mass is 16.5. The number of hydrogen-bond donors (Lipinski definition) is 0. The van der Waals surface area contributed by atoms with E-state index in [-0.39, 0.29) is 5.78 Å². The molecule has 0 N–H and O–H groups in total. The Labute approximate surface area is 113 Å². The summed E-state index contributed by atoms with van der Waals surface area (Å²) < 4.78 is 5.48. The molecule has 0 fully saturated rings. The molecule has 0 bridgehead atoms. The van der Waals surface area contributed by atoms with E-state index in [1.54, 1.807) is 25.1 Å². The highest BCUT2D eigenvalue weighted by Crippen LogP contribution is 2.14. The molecular formula is C15H16N2O2. The van der Waals surface area contributed by atoms with Gasteiger partial charge in [-0.25, -0.2) is 4.98 Å². The minimum absolute atomic E-state index is 0.0464. The van der Waals surface area contributed by atoms with Crippen LogP contribution in [0.4, 0.5) is 0 Å². The molecule has 0 saturated heterocycles. The Hall–Kier alpha value is -2.41. The predicted octanol–water partition coefficient (Wildman–Crippen LogP) is 3.43. The van der Waals surface area contributed by atoms with Crippen LogP contribution in [-0.4, -0.2) is 10.8 Å². The van der Waals surface area contributed by atoms with Crippen LogP contribution in [0.25, 0.3) is 0 Å². The average molecular weight is 256 g/mol. The van der Waals surface area contributed by atoms with Crippen LogP contribution in [0.3, 0.4) is 0 Å². The van der Waals surface area contributed by atoms with Gasteiger partial charge in [-0.2, -0.15) is 5.26 Å². The molecule has 0 radical (unpaired) electrons. The number of ketones is 1. The number of aromatic nitrogens is 1. The Morgan fingerprint density at radius 3 is 2.68 bits per heavy atom. The monoisotopic (exact) mass is 256 g/mol. The lowest BCUT2D eigenvalue weighted by atomic mass is 10.2. The molecule has 1 heterocycles. The second-order valence-corrected chi connectivity index (χ2v) is 3.94. The van der Waals surface area contributed by atoms with E-state index in [4.69, 9.17) is 10.00 Å². The van der Waals surface area contributed by atoms with Gasteiger partial charge in [0, 0.05) is 17.8 Å². The van der Waals surface area contributed by atoms with E-state index in [2.05, 4.69) is 11.1 Å². The van der Waals surface area contributed by atoms with Gasteiger partial charge in [0.1, 0.15) is 11.8 Å². The molecule has 0 saturated carbocycles. The number of ether oxygens (including phenoxy) is 1. The number of rotatable bonds is 5. The molecule has 4 nitrogen and oxygen atoms in total. The van der Waals surface area contributed by atoms with E-state index >= 15 is 0 Å². The molecule has 0 unspecified atom stereocenters. The molecular weight excluding hydrogens is 240 g/mol. The summed E-state index contributed by atoms with van der Waals surface area (Å²) in [6.07, 6.45) is 5.92. The SMILES string of the molecule is CC/C=C\C(C#N)=C(/C)Oc1ccc(C(C)=O)cn1. The van der Waals surface area contributed by atoms with Crippen molar-refractivity contribution in [1.29, 1.82) is 5.26 Å². The lowest BCUT2D eigenvalue weighted by Crippen LogP contribution is -1.98. The maximum atomic E-state index is 11.1. The highest BCUT2D eigenvalue weighted by molar-refractivity contribution is 5.93.